The average molecular weight is 612 g/mol. The van der Waals surface area contributed by atoms with E-state index < -0.39 is 23.0 Å². The van der Waals surface area contributed by atoms with Crippen LogP contribution in [0.25, 0.3) is 16.7 Å². The second-order valence-corrected chi connectivity index (χ2v) is 13.0. The predicted molar refractivity (Wildman–Crippen MR) is 158 cm³/mol. The first kappa shape index (κ1) is 27.8. The molecule has 11 heteroatoms. The molecule has 4 unspecified atom stereocenters. The van der Waals surface area contributed by atoms with E-state index in [-0.39, 0.29) is 46.8 Å². The van der Waals surface area contributed by atoms with Gasteiger partial charge in [0, 0.05) is 46.8 Å². The van der Waals surface area contributed by atoms with Gasteiger partial charge in [-0.25, -0.2) is 13.4 Å². The summed E-state index contributed by atoms with van der Waals surface area (Å²) in [4.78, 5) is 27.9. The van der Waals surface area contributed by atoms with Gasteiger partial charge in [0.15, 0.2) is 23.1 Å². The first-order valence-corrected chi connectivity index (χ1v) is 15.2. The number of aromatic nitrogens is 4. The third-order valence-corrected chi connectivity index (χ3v) is 10.8. The number of rotatable bonds is 6. The van der Waals surface area contributed by atoms with Gasteiger partial charge in [0.25, 0.3) is 5.91 Å². The lowest BCUT2D eigenvalue weighted by atomic mass is 9.51. The Morgan fingerprint density at radius 3 is 2.60 bits per heavy atom. The zero-order chi connectivity index (χ0) is 31.4. The van der Waals surface area contributed by atoms with E-state index in [2.05, 4.69) is 51.9 Å². The van der Waals surface area contributed by atoms with Gasteiger partial charge >= 0.3 is 0 Å². The Balaban J connectivity index is 1.15. The molecule has 4 aromatic rings. The molecule has 2 spiro atoms. The lowest BCUT2D eigenvalue weighted by Crippen LogP contribution is -2.55. The number of ketones is 1. The minimum absolute atomic E-state index is 0.0120. The molecule has 8 rings (SSSR count). The first-order chi connectivity index (χ1) is 21.6. The van der Waals surface area contributed by atoms with Gasteiger partial charge < -0.3 is 10.1 Å². The third kappa shape index (κ3) is 3.72. The van der Waals surface area contributed by atoms with Crippen LogP contribution in [0.3, 0.4) is 0 Å². The number of nitrogens with zero attached hydrogens (tertiary/aromatic N) is 4. The number of carbonyl (C=O) groups is 2. The van der Waals surface area contributed by atoms with Crippen LogP contribution in [-0.2, 0) is 24.7 Å². The zero-order valence-corrected chi connectivity index (χ0v) is 25.3. The van der Waals surface area contributed by atoms with Crippen LogP contribution in [0, 0.1) is 48.1 Å². The lowest BCUT2D eigenvalue weighted by molar-refractivity contribution is -0.133. The number of benzene rings is 2. The Hall–Kier alpha value is -4.67. The molecule has 230 valence electrons. The summed E-state index contributed by atoms with van der Waals surface area (Å²) in [6, 6.07) is 10.5. The molecule has 0 radical (unpaired) electrons. The van der Waals surface area contributed by atoms with Crippen LogP contribution >= 0.6 is 0 Å². The molecule has 3 aliphatic carbocycles. The van der Waals surface area contributed by atoms with E-state index >= 15 is 0 Å². The minimum atomic E-state index is -1.04. The maximum Gasteiger partial charge on any atom is 0.279 e. The van der Waals surface area contributed by atoms with Crippen molar-refractivity contribution in [3.8, 4) is 16.9 Å². The second kappa shape index (κ2) is 9.42. The molecule has 1 aliphatic heterocycles. The lowest BCUT2D eigenvalue weighted by Gasteiger charge is -2.52. The number of nitrogens with one attached hydrogen (secondary N) is 1. The molecular formula is C34H31F2N5O4. The Morgan fingerprint density at radius 2 is 1.89 bits per heavy atom. The second-order valence-electron chi connectivity index (χ2n) is 13.0. The van der Waals surface area contributed by atoms with E-state index in [0.717, 1.165) is 46.6 Å². The predicted octanol–water partition coefficient (Wildman–Crippen LogP) is 5.30. The fourth-order valence-electron chi connectivity index (χ4n) is 8.60. The van der Waals surface area contributed by atoms with Crippen molar-refractivity contribution in [1.29, 1.82) is 0 Å². The summed E-state index contributed by atoms with van der Waals surface area (Å²) in [6.45, 7) is 6.09. The number of amides is 1. The standard InChI is InChI=1S/C34H31F2N5O4/c1-5-24-29(40-45-39-24)32(43)37-30-28-21-11-22(35)23(36)12-25(21)44-15-34(28)14-33(34)13-20(27(33)31(30)42)10-18-6-8-19(9-7-18)26-16(2)38-41(4)17(26)3/h6-9,11-12,20,27H,5,10,13-15H2,1-4H3,(H,37,43). The quantitative estimate of drug-likeness (QED) is 0.315. The van der Waals surface area contributed by atoms with Crippen molar-refractivity contribution in [2.24, 2.45) is 29.7 Å². The Bertz CT molecular complexity index is 1980. The Kier molecular flexibility index (Phi) is 5.83. The van der Waals surface area contributed by atoms with E-state index in [9.17, 15) is 18.4 Å². The highest BCUT2D eigenvalue weighted by atomic mass is 19.2. The van der Waals surface area contributed by atoms with Crippen LogP contribution in [0.1, 0.15) is 58.5 Å². The molecule has 2 aromatic heterocycles. The number of hydrogen-bond acceptors (Lipinski definition) is 7. The minimum Gasteiger partial charge on any atom is -0.492 e. The molecule has 1 amide bonds. The maximum absolute atomic E-state index is 14.6. The number of aryl methyl sites for hydroxylation is 3. The highest BCUT2D eigenvalue weighted by Crippen LogP contribution is 2.85. The number of hydrogen-bond donors (Lipinski definition) is 1. The SMILES string of the molecule is CCc1nonc1C(=O)NC1=C2c3cc(F)c(F)cc3OCC23CC32CC(Cc3ccc(-c4c(C)nn(C)c4C)cc3)C2C1=O. The number of Topliss-reactive ketones (excluding diaryl/α,β-unsaturated/α-hetero) is 1. The molecular weight excluding hydrogens is 580 g/mol. The molecule has 2 aromatic carbocycles. The van der Waals surface area contributed by atoms with Crippen LogP contribution in [0.15, 0.2) is 46.7 Å². The van der Waals surface area contributed by atoms with E-state index in [0.29, 0.717) is 36.1 Å². The van der Waals surface area contributed by atoms with Crippen LogP contribution < -0.4 is 10.1 Å². The smallest absolute Gasteiger partial charge is 0.279 e. The molecule has 9 nitrogen and oxygen atoms in total. The van der Waals surface area contributed by atoms with Crippen molar-refractivity contribution in [2.45, 2.75) is 46.5 Å². The molecule has 1 N–H and O–H groups in total. The Morgan fingerprint density at radius 1 is 1.13 bits per heavy atom. The van der Waals surface area contributed by atoms with Gasteiger partial charge in [-0.15, -0.1) is 0 Å². The van der Waals surface area contributed by atoms with Crippen molar-refractivity contribution in [1.82, 2.24) is 25.4 Å². The number of halogens is 2. The fraction of sp³-hybridized carbons (Fsp3) is 0.382. The summed E-state index contributed by atoms with van der Waals surface area (Å²) >= 11 is 0. The van der Waals surface area contributed by atoms with Crippen molar-refractivity contribution in [2.75, 3.05) is 6.61 Å². The molecule has 2 saturated carbocycles. The van der Waals surface area contributed by atoms with E-state index in [4.69, 9.17) is 9.37 Å². The highest BCUT2D eigenvalue weighted by molar-refractivity contribution is 6.13. The molecule has 0 saturated heterocycles. The molecule has 45 heavy (non-hydrogen) atoms. The Labute approximate surface area is 257 Å². The summed E-state index contributed by atoms with van der Waals surface area (Å²) in [7, 11) is 1.94. The van der Waals surface area contributed by atoms with Crippen LogP contribution in [0.5, 0.6) is 5.75 Å². The summed E-state index contributed by atoms with van der Waals surface area (Å²) in [5, 5.41) is 14.9. The van der Waals surface area contributed by atoms with Gasteiger partial charge in [-0.05, 0) is 73.2 Å². The summed E-state index contributed by atoms with van der Waals surface area (Å²) < 4.78 is 41.6. The van der Waals surface area contributed by atoms with Crippen LogP contribution in [-0.4, -0.2) is 38.4 Å². The zero-order valence-electron chi connectivity index (χ0n) is 25.3. The van der Waals surface area contributed by atoms with E-state index in [1.807, 2.05) is 25.6 Å². The van der Waals surface area contributed by atoms with Crippen molar-refractivity contribution < 1.29 is 27.7 Å². The molecule has 2 fully saturated rings. The van der Waals surface area contributed by atoms with Gasteiger partial charge in [0.05, 0.1) is 18.0 Å². The highest BCUT2D eigenvalue weighted by Gasteiger charge is 2.83. The number of carbonyl (C=O) groups excluding carboxylic acids is 2. The van der Waals surface area contributed by atoms with Crippen molar-refractivity contribution in [3.63, 3.8) is 0 Å². The third-order valence-electron chi connectivity index (χ3n) is 10.8. The summed E-state index contributed by atoms with van der Waals surface area (Å²) in [5.74, 6) is -3.06. The number of ether oxygens (including phenoxy) is 1. The average Bonchev–Trinajstić information content (AvgIpc) is 3.29. The molecule has 0 bridgehead atoms. The largest absolute Gasteiger partial charge is 0.492 e. The monoisotopic (exact) mass is 611 g/mol. The van der Waals surface area contributed by atoms with Gasteiger partial charge in [-0.3, -0.25) is 14.3 Å². The number of allylic oxidation sites excluding steroid dienone is 1. The van der Waals surface area contributed by atoms with Crippen LogP contribution in [0.2, 0.25) is 0 Å². The maximum atomic E-state index is 14.6. The first-order valence-electron chi connectivity index (χ1n) is 15.2. The van der Waals surface area contributed by atoms with Gasteiger partial charge in [-0.2, -0.15) is 5.10 Å². The fourth-order valence-corrected chi connectivity index (χ4v) is 8.60. The van der Waals surface area contributed by atoms with Gasteiger partial charge in [0.2, 0.25) is 0 Å². The summed E-state index contributed by atoms with van der Waals surface area (Å²) in [5.41, 5.74) is 5.72. The normalized spacial score (nSPS) is 25.9. The van der Waals surface area contributed by atoms with E-state index in [1.54, 1.807) is 0 Å². The van der Waals surface area contributed by atoms with Crippen LogP contribution in [0.4, 0.5) is 8.78 Å². The summed E-state index contributed by atoms with van der Waals surface area (Å²) in [6.07, 6.45) is 2.57. The molecule has 4 aliphatic rings. The topological polar surface area (TPSA) is 112 Å². The van der Waals surface area contributed by atoms with Gasteiger partial charge in [-0.1, -0.05) is 36.3 Å². The van der Waals surface area contributed by atoms with Crippen molar-refractivity contribution in [3.05, 3.63) is 87.6 Å². The number of fused-ring (bicyclic) bond motifs is 2. The van der Waals surface area contributed by atoms with Gasteiger partial charge in [0.1, 0.15) is 11.4 Å². The molecule has 3 heterocycles. The van der Waals surface area contributed by atoms with E-state index in [1.165, 1.54) is 0 Å². The van der Waals surface area contributed by atoms with Crippen molar-refractivity contribution >= 4 is 17.3 Å². The molecule has 4 atom stereocenters.